The summed E-state index contributed by atoms with van der Waals surface area (Å²) < 4.78 is 19.4. The van der Waals surface area contributed by atoms with Crippen molar-refractivity contribution in [2.24, 2.45) is 0 Å². The van der Waals surface area contributed by atoms with Gasteiger partial charge in [-0.2, -0.15) is 9.37 Å². The van der Waals surface area contributed by atoms with Crippen molar-refractivity contribution in [1.82, 2.24) is 9.97 Å². The van der Waals surface area contributed by atoms with Gasteiger partial charge < -0.3 is 4.74 Å². The van der Waals surface area contributed by atoms with E-state index in [1.54, 1.807) is 12.1 Å². The van der Waals surface area contributed by atoms with Crippen LogP contribution >= 0.6 is 34.2 Å². The number of hydrogen-bond acceptors (Lipinski definition) is 3. The molecule has 3 nitrogen and oxygen atoms in total. The predicted octanol–water partition coefficient (Wildman–Crippen LogP) is 3.67. The molecular formula is C10H5ClFIN2O. The van der Waals surface area contributed by atoms with Gasteiger partial charge in [0.2, 0.25) is 11.1 Å². The first-order chi connectivity index (χ1) is 7.66. The second kappa shape index (κ2) is 4.92. The van der Waals surface area contributed by atoms with Crippen LogP contribution in [0.15, 0.2) is 30.5 Å². The molecule has 82 valence electrons. The highest BCUT2D eigenvalue weighted by atomic mass is 127. The van der Waals surface area contributed by atoms with Gasteiger partial charge in [-0.3, -0.25) is 0 Å². The van der Waals surface area contributed by atoms with Crippen molar-refractivity contribution >= 4 is 34.2 Å². The quantitative estimate of drug-likeness (QED) is 0.612. The van der Waals surface area contributed by atoms with Gasteiger partial charge in [0, 0.05) is 0 Å². The maximum Gasteiger partial charge on any atom is 0.260 e. The van der Waals surface area contributed by atoms with Gasteiger partial charge in [-0.15, -0.1) is 0 Å². The molecule has 0 amide bonds. The SMILES string of the molecule is Fc1cnc(Cl)nc1Oc1ccccc1I. The lowest BCUT2D eigenvalue weighted by atomic mass is 10.3. The van der Waals surface area contributed by atoms with Crippen LogP contribution in [0.25, 0.3) is 0 Å². The van der Waals surface area contributed by atoms with E-state index >= 15 is 0 Å². The van der Waals surface area contributed by atoms with Crippen LogP contribution < -0.4 is 4.74 Å². The molecule has 0 atom stereocenters. The summed E-state index contributed by atoms with van der Waals surface area (Å²) in [6.07, 6.45) is 0.973. The average molecular weight is 351 g/mol. The smallest absolute Gasteiger partial charge is 0.260 e. The summed E-state index contributed by atoms with van der Waals surface area (Å²) in [4.78, 5) is 7.16. The Balaban J connectivity index is 2.34. The summed E-state index contributed by atoms with van der Waals surface area (Å²) in [5.41, 5.74) is 0. The van der Waals surface area contributed by atoms with Crippen LogP contribution in [0.2, 0.25) is 5.28 Å². The van der Waals surface area contributed by atoms with Crippen molar-refractivity contribution in [3.63, 3.8) is 0 Å². The number of hydrogen-bond donors (Lipinski definition) is 0. The topological polar surface area (TPSA) is 35.0 Å². The van der Waals surface area contributed by atoms with Gasteiger partial charge in [0.25, 0.3) is 5.88 Å². The molecule has 0 saturated carbocycles. The van der Waals surface area contributed by atoms with E-state index in [-0.39, 0.29) is 11.2 Å². The van der Waals surface area contributed by atoms with Crippen LogP contribution in [0, 0.1) is 9.39 Å². The van der Waals surface area contributed by atoms with Crippen LogP contribution in [-0.4, -0.2) is 9.97 Å². The second-order valence-corrected chi connectivity index (χ2v) is 4.32. The first-order valence-corrected chi connectivity index (χ1v) is 5.73. The normalized spacial score (nSPS) is 10.2. The zero-order valence-electron chi connectivity index (χ0n) is 7.82. The van der Waals surface area contributed by atoms with Gasteiger partial charge >= 0.3 is 0 Å². The minimum atomic E-state index is -0.649. The van der Waals surface area contributed by atoms with Crippen molar-refractivity contribution in [1.29, 1.82) is 0 Å². The van der Waals surface area contributed by atoms with E-state index < -0.39 is 5.82 Å². The molecular weight excluding hydrogens is 345 g/mol. The molecule has 0 radical (unpaired) electrons. The van der Waals surface area contributed by atoms with Crippen LogP contribution in [-0.2, 0) is 0 Å². The molecule has 1 heterocycles. The molecule has 0 unspecified atom stereocenters. The number of ether oxygens (including phenoxy) is 1. The lowest BCUT2D eigenvalue weighted by Crippen LogP contribution is -1.95. The lowest BCUT2D eigenvalue weighted by Gasteiger charge is -2.06. The number of rotatable bonds is 2. The molecule has 0 aliphatic rings. The van der Waals surface area contributed by atoms with E-state index in [0.29, 0.717) is 5.75 Å². The van der Waals surface area contributed by atoms with Gasteiger partial charge in [-0.05, 0) is 46.3 Å². The summed E-state index contributed by atoms with van der Waals surface area (Å²) in [5.74, 6) is -0.301. The maximum atomic E-state index is 13.3. The Labute approximate surface area is 110 Å². The third kappa shape index (κ3) is 2.59. The third-order valence-corrected chi connectivity index (χ3v) is 2.80. The summed E-state index contributed by atoms with van der Waals surface area (Å²) >= 11 is 7.64. The fourth-order valence-corrected chi connectivity index (χ4v) is 1.66. The lowest BCUT2D eigenvalue weighted by molar-refractivity contribution is 0.417. The highest BCUT2D eigenvalue weighted by molar-refractivity contribution is 14.1. The summed E-state index contributed by atoms with van der Waals surface area (Å²) in [6, 6.07) is 7.21. The minimum Gasteiger partial charge on any atom is -0.435 e. The third-order valence-electron chi connectivity index (χ3n) is 1.73. The Morgan fingerprint density at radius 3 is 2.81 bits per heavy atom. The fourth-order valence-electron chi connectivity index (χ4n) is 1.03. The molecule has 2 aromatic rings. The van der Waals surface area contributed by atoms with E-state index in [0.717, 1.165) is 9.77 Å². The number of para-hydroxylation sites is 1. The maximum absolute atomic E-state index is 13.3. The van der Waals surface area contributed by atoms with E-state index in [9.17, 15) is 4.39 Å². The summed E-state index contributed by atoms with van der Waals surface area (Å²) in [5, 5.41) is -0.0534. The van der Waals surface area contributed by atoms with Crippen LogP contribution in [0.4, 0.5) is 4.39 Å². The zero-order valence-corrected chi connectivity index (χ0v) is 10.7. The molecule has 0 bridgehead atoms. The largest absolute Gasteiger partial charge is 0.435 e. The Hall–Kier alpha value is -0.950. The standard InChI is InChI=1S/C10H5ClFIN2O/c11-10-14-5-6(12)9(15-10)16-8-4-2-1-3-7(8)13/h1-5H. The van der Waals surface area contributed by atoms with E-state index in [2.05, 4.69) is 32.6 Å². The molecule has 0 fully saturated rings. The molecule has 6 heteroatoms. The van der Waals surface area contributed by atoms with Crippen LogP contribution in [0.3, 0.4) is 0 Å². The van der Waals surface area contributed by atoms with Crippen LogP contribution in [0.1, 0.15) is 0 Å². The Morgan fingerprint density at radius 2 is 2.06 bits per heavy atom. The average Bonchev–Trinajstić information content (AvgIpc) is 2.27. The minimum absolute atomic E-state index is 0.0534. The first kappa shape index (κ1) is 11.5. The van der Waals surface area contributed by atoms with Gasteiger partial charge in [0.1, 0.15) is 5.75 Å². The summed E-state index contributed by atoms with van der Waals surface area (Å²) in [7, 11) is 0. The van der Waals surface area contributed by atoms with Crippen molar-refractivity contribution in [3.8, 4) is 11.6 Å². The zero-order chi connectivity index (χ0) is 11.5. The van der Waals surface area contributed by atoms with Crippen LogP contribution in [0.5, 0.6) is 11.6 Å². The van der Waals surface area contributed by atoms with Gasteiger partial charge in [0.05, 0.1) is 9.77 Å². The predicted molar refractivity (Wildman–Crippen MR) is 66.2 cm³/mol. The Morgan fingerprint density at radius 1 is 1.31 bits per heavy atom. The Bertz CT molecular complexity index is 524. The van der Waals surface area contributed by atoms with Gasteiger partial charge in [-0.1, -0.05) is 12.1 Å². The van der Waals surface area contributed by atoms with Gasteiger partial charge in [-0.25, -0.2) is 4.98 Å². The molecule has 1 aromatic carbocycles. The highest BCUT2D eigenvalue weighted by Gasteiger charge is 2.09. The number of aromatic nitrogens is 2. The first-order valence-electron chi connectivity index (χ1n) is 4.27. The number of halogens is 3. The highest BCUT2D eigenvalue weighted by Crippen LogP contribution is 2.26. The monoisotopic (exact) mass is 350 g/mol. The van der Waals surface area contributed by atoms with Crippen molar-refractivity contribution in [2.75, 3.05) is 0 Å². The molecule has 0 saturated heterocycles. The fraction of sp³-hybridized carbons (Fsp3) is 0. The molecule has 0 spiro atoms. The van der Waals surface area contributed by atoms with E-state index in [1.807, 2.05) is 12.1 Å². The van der Waals surface area contributed by atoms with Crippen molar-refractivity contribution in [3.05, 3.63) is 45.1 Å². The molecule has 0 aliphatic carbocycles. The molecule has 0 N–H and O–H groups in total. The van der Waals surface area contributed by atoms with E-state index in [1.165, 1.54) is 0 Å². The molecule has 0 aliphatic heterocycles. The van der Waals surface area contributed by atoms with Crippen molar-refractivity contribution in [2.45, 2.75) is 0 Å². The number of nitrogens with zero attached hydrogens (tertiary/aromatic N) is 2. The Kier molecular flexibility index (Phi) is 3.55. The molecule has 16 heavy (non-hydrogen) atoms. The molecule has 2 rings (SSSR count). The van der Waals surface area contributed by atoms with Crippen molar-refractivity contribution < 1.29 is 9.13 Å². The van der Waals surface area contributed by atoms with Gasteiger partial charge in [0.15, 0.2) is 0 Å². The summed E-state index contributed by atoms with van der Waals surface area (Å²) in [6.45, 7) is 0. The second-order valence-electron chi connectivity index (χ2n) is 2.82. The number of benzene rings is 1. The van der Waals surface area contributed by atoms with E-state index in [4.69, 9.17) is 16.3 Å². The molecule has 1 aromatic heterocycles.